The molecule has 2 N–H and O–H groups in total. The molecule has 19 heavy (non-hydrogen) atoms. The lowest BCUT2D eigenvalue weighted by molar-refractivity contribution is -0.145. The van der Waals surface area contributed by atoms with Crippen molar-refractivity contribution in [3.63, 3.8) is 0 Å². The maximum absolute atomic E-state index is 11.7. The summed E-state index contributed by atoms with van der Waals surface area (Å²) in [5, 5.41) is 11.8. The van der Waals surface area contributed by atoms with E-state index >= 15 is 0 Å². The van der Waals surface area contributed by atoms with E-state index < -0.39 is 29.1 Å². The van der Waals surface area contributed by atoms with Crippen LogP contribution in [-0.2, 0) is 14.3 Å². The van der Waals surface area contributed by atoms with Crippen molar-refractivity contribution in [2.75, 3.05) is 13.2 Å². The first-order chi connectivity index (χ1) is 8.64. The van der Waals surface area contributed by atoms with E-state index in [-0.39, 0.29) is 0 Å². The quantitative estimate of drug-likeness (QED) is 0.818. The molecule has 0 aromatic heterocycles. The SMILES string of the molecule is CC(C)(C)OC(=O)NC(C(=O)O)C1(C)CCOCC1. The summed E-state index contributed by atoms with van der Waals surface area (Å²) in [7, 11) is 0. The lowest BCUT2D eigenvalue weighted by Gasteiger charge is -2.38. The van der Waals surface area contributed by atoms with Crippen molar-refractivity contribution >= 4 is 12.1 Å². The minimum atomic E-state index is -1.05. The van der Waals surface area contributed by atoms with Gasteiger partial charge in [-0.1, -0.05) is 6.92 Å². The number of carboxylic acid groups (broad SMARTS) is 1. The van der Waals surface area contributed by atoms with Crippen LogP contribution in [0.2, 0.25) is 0 Å². The zero-order valence-electron chi connectivity index (χ0n) is 12.0. The Morgan fingerprint density at radius 2 is 1.84 bits per heavy atom. The molecule has 1 aliphatic rings. The predicted octanol–water partition coefficient (Wildman–Crippen LogP) is 1.78. The molecule has 0 saturated carbocycles. The average molecular weight is 273 g/mol. The van der Waals surface area contributed by atoms with Crippen LogP contribution >= 0.6 is 0 Å². The minimum absolute atomic E-state index is 0.510. The molecule has 1 fully saturated rings. The number of rotatable bonds is 3. The summed E-state index contributed by atoms with van der Waals surface area (Å²) in [5.74, 6) is -1.05. The van der Waals surface area contributed by atoms with Gasteiger partial charge in [-0.25, -0.2) is 9.59 Å². The van der Waals surface area contributed by atoms with E-state index in [2.05, 4.69) is 5.32 Å². The van der Waals surface area contributed by atoms with Gasteiger partial charge in [0.05, 0.1) is 0 Å². The molecule has 0 radical (unpaired) electrons. The van der Waals surface area contributed by atoms with E-state index in [4.69, 9.17) is 9.47 Å². The van der Waals surface area contributed by atoms with Crippen molar-refractivity contribution in [1.82, 2.24) is 5.32 Å². The molecular formula is C13H23NO5. The Morgan fingerprint density at radius 3 is 2.26 bits per heavy atom. The highest BCUT2D eigenvalue weighted by atomic mass is 16.6. The third-order valence-corrected chi connectivity index (χ3v) is 3.24. The van der Waals surface area contributed by atoms with Gasteiger partial charge in [0.2, 0.25) is 0 Å². The second-order valence-electron chi connectivity index (χ2n) is 6.18. The summed E-state index contributed by atoms with van der Waals surface area (Å²) in [5.41, 5.74) is -1.16. The standard InChI is InChI=1S/C13H23NO5/c1-12(2,3)19-11(17)14-9(10(15)16)13(4)5-7-18-8-6-13/h9H,5-8H2,1-4H3,(H,14,17)(H,15,16). The van der Waals surface area contributed by atoms with Crippen molar-refractivity contribution in [2.45, 2.75) is 52.2 Å². The van der Waals surface area contributed by atoms with Crippen LogP contribution in [0.25, 0.3) is 0 Å². The van der Waals surface area contributed by atoms with Gasteiger partial charge in [-0.3, -0.25) is 0 Å². The monoisotopic (exact) mass is 273 g/mol. The number of hydrogen-bond donors (Lipinski definition) is 2. The molecule has 1 saturated heterocycles. The van der Waals surface area contributed by atoms with Crippen molar-refractivity contribution < 1.29 is 24.2 Å². The number of carboxylic acids is 1. The van der Waals surface area contributed by atoms with E-state index in [9.17, 15) is 14.7 Å². The summed E-state index contributed by atoms with van der Waals surface area (Å²) in [6.07, 6.45) is 0.493. The number of carbonyl (C=O) groups excluding carboxylic acids is 1. The van der Waals surface area contributed by atoms with E-state index in [0.29, 0.717) is 26.1 Å². The molecule has 6 nitrogen and oxygen atoms in total. The van der Waals surface area contributed by atoms with Crippen molar-refractivity contribution in [3.05, 3.63) is 0 Å². The number of aliphatic carboxylic acids is 1. The highest BCUT2D eigenvalue weighted by molar-refractivity contribution is 5.81. The van der Waals surface area contributed by atoms with Gasteiger partial charge in [-0.15, -0.1) is 0 Å². The van der Waals surface area contributed by atoms with Crippen LogP contribution in [-0.4, -0.2) is 42.0 Å². The molecule has 1 atom stereocenters. The minimum Gasteiger partial charge on any atom is -0.480 e. The Morgan fingerprint density at radius 1 is 1.32 bits per heavy atom. The number of nitrogens with one attached hydrogen (secondary N) is 1. The zero-order valence-corrected chi connectivity index (χ0v) is 12.0. The molecular weight excluding hydrogens is 250 g/mol. The molecule has 0 spiro atoms. The van der Waals surface area contributed by atoms with Gasteiger partial charge in [-0.05, 0) is 33.6 Å². The number of carbonyl (C=O) groups is 2. The maximum Gasteiger partial charge on any atom is 0.408 e. The molecule has 0 aromatic carbocycles. The molecule has 1 amide bonds. The summed E-state index contributed by atoms with van der Waals surface area (Å²) < 4.78 is 10.4. The van der Waals surface area contributed by atoms with Crippen LogP contribution in [0.5, 0.6) is 0 Å². The predicted molar refractivity (Wildman–Crippen MR) is 69.0 cm³/mol. The molecule has 6 heteroatoms. The fraction of sp³-hybridized carbons (Fsp3) is 0.846. The number of ether oxygens (including phenoxy) is 2. The number of amides is 1. The van der Waals surface area contributed by atoms with Crippen molar-refractivity contribution in [1.29, 1.82) is 0 Å². The highest BCUT2D eigenvalue weighted by Crippen LogP contribution is 2.33. The van der Waals surface area contributed by atoms with Crippen LogP contribution in [0, 0.1) is 5.41 Å². The molecule has 1 heterocycles. The third-order valence-electron chi connectivity index (χ3n) is 3.24. The van der Waals surface area contributed by atoms with Crippen molar-refractivity contribution in [3.8, 4) is 0 Å². The molecule has 1 unspecified atom stereocenters. The van der Waals surface area contributed by atoms with Crippen LogP contribution in [0.3, 0.4) is 0 Å². The Kier molecular flexibility index (Phi) is 4.79. The molecule has 0 bridgehead atoms. The summed E-state index contributed by atoms with van der Waals surface area (Å²) >= 11 is 0. The van der Waals surface area contributed by atoms with Gasteiger partial charge >= 0.3 is 12.1 Å². The Hall–Kier alpha value is -1.30. The fourth-order valence-electron chi connectivity index (χ4n) is 2.09. The van der Waals surface area contributed by atoms with Gasteiger partial charge < -0.3 is 19.9 Å². The fourth-order valence-corrected chi connectivity index (χ4v) is 2.09. The Labute approximate surface area is 113 Å². The average Bonchev–Trinajstić information content (AvgIpc) is 2.24. The van der Waals surface area contributed by atoms with E-state index in [0.717, 1.165) is 0 Å². The van der Waals surface area contributed by atoms with Gasteiger partial charge in [-0.2, -0.15) is 0 Å². The lowest BCUT2D eigenvalue weighted by atomic mass is 9.75. The topological polar surface area (TPSA) is 84.9 Å². The number of alkyl carbamates (subject to hydrolysis) is 1. The summed E-state index contributed by atoms with van der Waals surface area (Å²) in [6, 6.07) is -0.966. The molecule has 110 valence electrons. The highest BCUT2D eigenvalue weighted by Gasteiger charge is 2.42. The van der Waals surface area contributed by atoms with Crippen LogP contribution in [0.1, 0.15) is 40.5 Å². The molecule has 1 rings (SSSR count). The first kappa shape index (κ1) is 15.8. The normalized spacial score (nSPS) is 20.4. The molecule has 0 aliphatic carbocycles. The van der Waals surface area contributed by atoms with Gasteiger partial charge in [0, 0.05) is 18.6 Å². The van der Waals surface area contributed by atoms with Crippen LogP contribution < -0.4 is 5.32 Å². The van der Waals surface area contributed by atoms with Crippen LogP contribution in [0.15, 0.2) is 0 Å². The van der Waals surface area contributed by atoms with Gasteiger partial charge in [0.25, 0.3) is 0 Å². The first-order valence-corrected chi connectivity index (χ1v) is 6.44. The van der Waals surface area contributed by atoms with E-state index in [1.165, 1.54) is 0 Å². The van der Waals surface area contributed by atoms with E-state index in [1.807, 2.05) is 6.92 Å². The Balaban J connectivity index is 2.73. The van der Waals surface area contributed by atoms with Gasteiger partial charge in [0.15, 0.2) is 0 Å². The number of hydrogen-bond acceptors (Lipinski definition) is 4. The Bertz CT molecular complexity index is 341. The van der Waals surface area contributed by atoms with Gasteiger partial charge in [0.1, 0.15) is 11.6 Å². The second-order valence-corrected chi connectivity index (χ2v) is 6.18. The largest absolute Gasteiger partial charge is 0.480 e. The zero-order chi connectivity index (χ0) is 14.7. The summed E-state index contributed by atoms with van der Waals surface area (Å²) in [4.78, 5) is 23.1. The van der Waals surface area contributed by atoms with Crippen LogP contribution in [0.4, 0.5) is 4.79 Å². The first-order valence-electron chi connectivity index (χ1n) is 6.44. The lowest BCUT2D eigenvalue weighted by Crippen LogP contribution is -2.54. The van der Waals surface area contributed by atoms with E-state index in [1.54, 1.807) is 20.8 Å². The smallest absolute Gasteiger partial charge is 0.408 e. The van der Waals surface area contributed by atoms with Crippen molar-refractivity contribution in [2.24, 2.45) is 5.41 Å². The summed E-state index contributed by atoms with van der Waals surface area (Å²) in [6.45, 7) is 8.08. The second kappa shape index (κ2) is 5.77. The maximum atomic E-state index is 11.7. The molecule has 1 aliphatic heterocycles. The molecule has 0 aromatic rings. The third kappa shape index (κ3) is 4.70.